The molecule has 8 nitrogen and oxygen atoms in total. The van der Waals surface area contributed by atoms with E-state index in [9.17, 15) is 9.59 Å². The van der Waals surface area contributed by atoms with Gasteiger partial charge in [0.2, 0.25) is 5.75 Å². The van der Waals surface area contributed by atoms with Crippen LogP contribution < -0.4 is 19.5 Å². The standard InChI is InChI=1S/C20H18N2O6S/c1-25-15-10-13(11-16-19(15)27-8-7-26-16)20(24)28-12-18(23)22-14-4-2-3-5-17(14)29-9-6-21/h2-5,10-11H,7-9,12H2,1H3,(H,22,23). The van der Waals surface area contributed by atoms with Crippen LogP contribution >= 0.6 is 11.8 Å². The molecule has 0 unspecified atom stereocenters. The number of benzene rings is 2. The van der Waals surface area contributed by atoms with Gasteiger partial charge < -0.3 is 24.3 Å². The predicted molar refractivity (Wildman–Crippen MR) is 106 cm³/mol. The number of nitrogens with one attached hydrogen (secondary N) is 1. The number of hydrogen-bond acceptors (Lipinski definition) is 8. The van der Waals surface area contributed by atoms with Gasteiger partial charge in [-0.3, -0.25) is 4.79 Å². The molecule has 0 saturated heterocycles. The summed E-state index contributed by atoms with van der Waals surface area (Å²) >= 11 is 1.30. The molecule has 1 amide bonds. The van der Waals surface area contributed by atoms with E-state index in [4.69, 9.17) is 24.2 Å². The SMILES string of the molecule is COc1cc(C(=O)OCC(=O)Nc2ccccc2SCC#N)cc2c1OCCO2. The number of nitriles is 1. The summed E-state index contributed by atoms with van der Waals surface area (Å²) in [5, 5.41) is 11.4. The summed E-state index contributed by atoms with van der Waals surface area (Å²) in [6, 6.07) is 12.1. The second-order valence-electron chi connectivity index (χ2n) is 5.77. The lowest BCUT2D eigenvalue weighted by molar-refractivity contribution is -0.119. The van der Waals surface area contributed by atoms with Gasteiger partial charge in [0.05, 0.1) is 30.2 Å². The fourth-order valence-electron chi connectivity index (χ4n) is 2.60. The highest BCUT2D eigenvalue weighted by Crippen LogP contribution is 2.40. The van der Waals surface area contributed by atoms with Gasteiger partial charge in [-0.15, -0.1) is 11.8 Å². The molecule has 2 aromatic carbocycles. The highest BCUT2D eigenvalue weighted by atomic mass is 32.2. The van der Waals surface area contributed by atoms with E-state index in [0.29, 0.717) is 36.1 Å². The molecule has 9 heteroatoms. The van der Waals surface area contributed by atoms with E-state index in [0.717, 1.165) is 4.90 Å². The average molecular weight is 414 g/mol. The first-order valence-electron chi connectivity index (χ1n) is 8.65. The molecule has 0 aromatic heterocycles. The number of amides is 1. The van der Waals surface area contributed by atoms with Crippen LogP contribution in [0, 0.1) is 11.3 Å². The van der Waals surface area contributed by atoms with Crippen molar-refractivity contribution in [1.29, 1.82) is 5.26 Å². The Balaban J connectivity index is 1.63. The number of hydrogen-bond donors (Lipinski definition) is 1. The van der Waals surface area contributed by atoms with Crippen LogP contribution in [0.4, 0.5) is 5.69 Å². The second-order valence-corrected chi connectivity index (χ2v) is 6.79. The van der Waals surface area contributed by atoms with Gasteiger partial charge in [-0.05, 0) is 24.3 Å². The molecule has 0 atom stereocenters. The Morgan fingerprint density at radius 3 is 2.83 bits per heavy atom. The molecular formula is C20H18N2O6S. The van der Waals surface area contributed by atoms with E-state index in [2.05, 4.69) is 5.32 Å². The molecule has 0 fully saturated rings. The highest BCUT2D eigenvalue weighted by molar-refractivity contribution is 7.99. The van der Waals surface area contributed by atoms with Gasteiger partial charge in [0.25, 0.3) is 5.91 Å². The Bertz CT molecular complexity index is 939. The molecule has 29 heavy (non-hydrogen) atoms. The molecule has 1 aliphatic heterocycles. The largest absolute Gasteiger partial charge is 0.493 e. The van der Waals surface area contributed by atoms with E-state index in [1.54, 1.807) is 18.2 Å². The topological polar surface area (TPSA) is 107 Å². The van der Waals surface area contributed by atoms with Crippen molar-refractivity contribution in [2.75, 3.05) is 38.0 Å². The minimum Gasteiger partial charge on any atom is -0.493 e. The van der Waals surface area contributed by atoms with E-state index in [-0.39, 0.29) is 11.3 Å². The number of para-hydroxylation sites is 1. The van der Waals surface area contributed by atoms with Crippen LogP contribution in [0.2, 0.25) is 0 Å². The maximum absolute atomic E-state index is 12.4. The maximum atomic E-state index is 12.4. The zero-order valence-corrected chi connectivity index (χ0v) is 16.4. The van der Waals surface area contributed by atoms with Crippen LogP contribution in [0.3, 0.4) is 0 Å². The normalized spacial score (nSPS) is 11.9. The van der Waals surface area contributed by atoms with Crippen molar-refractivity contribution in [3.8, 4) is 23.3 Å². The number of thioether (sulfide) groups is 1. The Hall–Kier alpha value is -3.38. The number of esters is 1. The third-order valence-electron chi connectivity index (χ3n) is 3.85. The van der Waals surface area contributed by atoms with Gasteiger partial charge in [-0.25, -0.2) is 4.79 Å². The number of methoxy groups -OCH3 is 1. The van der Waals surface area contributed by atoms with Gasteiger partial charge in [0.15, 0.2) is 18.1 Å². The quantitative estimate of drug-likeness (QED) is 0.544. The van der Waals surface area contributed by atoms with Crippen LogP contribution in [0.15, 0.2) is 41.3 Å². The van der Waals surface area contributed by atoms with E-state index >= 15 is 0 Å². The first kappa shape index (κ1) is 20.4. The molecular weight excluding hydrogens is 396 g/mol. The molecule has 2 aromatic rings. The summed E-state index contributed by atoms with van der Waals surface area (Å²) < 4.78 is 21.3. The second kappa shape index (κ2) is 9.71. The summed E-state index contributed by atoms with van der Waals surface area (Å²) in [5.41, 5.74) is 0.735. The Morgan fingerprint density at radius 2 is 2.03 bits per heavy atom. The lowest BCUT2D eigenvalue weighted by Gasteiger charge is -2.21. The molecule has 150 valence electrons. The molecule has 0 spiro atoms. The summed E-state index contributed by atoms with van der Waals surface area (Å²) in [6.07, 6.45) is 0. The molecule has 1 heterocycles. The summed E-state index contributed by atoms with van der Waals surface area (Å²) in [4.78, 5) is 25.3. The zero-order chi connectivity index (χ0) is 20.6. The summed E-state index contributed by atoms with van der Waals surface area (Å²) in [6.45, 7) is 0.286. The highest BCUT2D eigenvalue weighted by Gasteiger charge is 2.22. The van der Waals surface area contributed by atoms with Crippen molar-refractivity contribution < 1.29 is 28.5 Å². The third-order valence-corrected chi connectivity index (χ3v) is 4.79. The van der Waals surface area contributed by atoms with Crippen molar-refractivity contribution in [3.63, 3.8) is 0 Å². The molecule has 0 radical (unpaired) electrons. The van der Waals surface area contributed by atoms with Crippen LogP contribution in [0.25, 0.3) is 0 Å². The average Bonchev–Trinajstić information content (AvgIpc) is 2.76. The number of carbonyl (C=O) groups excluding carboxylic acids is 2. The number of carbonyl (C=O) groups is 2. The van der Waals surface area contributed by atoms with Crippen LogP contribution in [-0.2, 0) is 9.53 Å². The minimum absolute atomic E-state index is 0.184. The third kappa shape index (κ3) is 5.12. The predicted octanol–water partition coefficient (Wildman–Crippen LogP) is 2.88. The van der Waals surface area contributed by atoms with Crippen molar-refractivity contribution >= 4 is 29.3 Å². The number of nitrogens with zero attached hydrogens (tertiary/aromatic N) is 1. The number of fused-ring (bicyclic) bond motifs is 1. The minimum atomic E-state index is -0.692. The molecule has 1 aliphatic rings. The van der Waals surface area contributed by atoms with Gasteiger partial charge >= 0.3 is 5.97 Å². The van der Waals surface area contributed by atoms with Crippen LogP contribution in [-0.4, -0.2) is 44.6 Å². The maximum Gasteiger partial charge on any atom is 0.338 e. The fourth-order valence-corrected chi connectivity index (χ4v) is 3.27. The Morgan fingerprint density at radius 1 is 1.24 bits per heavy atom. The van der Waals surface area contributed by atoms with E-state index in [1.165, 1.54) is 31.0 Å². The number of ether oxygens (including phenoxy) is 4. The van der Waals surface area contributed by atoms with Gasteiger partial charge in [-0.1, -0.05) is 12.1 Å². The lowest BCUT2D eigenvalue weighted by atomic mass is 10.1. The fraction of sp³-hybridized carbons (Fsp3) is 0.250. The Labute approximate surface area is 171 Å². The molecule has 0 bridgehead atoms. The molecule has 3 rings (SSSR count). The van der Waals surface area contributed by atoms with E-state index in [1.807, 2.05) is 12.1 Å². The summed E-state index contributed by atoms with van der Waals surface area (Å²) in [7, 11) is 1.46. The Kier molecular flexibility index (Phi) is 6.81. The zero-order valence-electron chi connectivity index (χ0n) is 15.6. The van der Waals surface area contributed by atoms with Crippen molar-refractivity contribution in [1.82, 2.24) is 0 Å². The van der Waals surface area contributed by atoms with Crippen molar-refractivity contribution in [3.05, 3.63) is 42.0 Å². The molecule has 0 saturated carbocycles. The number of anilines is 1. The van der Waals surface area contributed by atoms with Crippen molar-refractivity contribution in [2.45, 2.75) is 4.90 Å². The van der Waals surface area contributed by atoms with E-state index < -0.39 is 18.5 Å². The monoisotopic (exact) mass is 414 g/mol. The summed E-state index contributed by atoms with van der Waals surface area (Å²) in [5.74, 6) is 0.237. The van der Waals surface area contributed by atoms with Gasteiger partial charge in [0.1, 0.15) is 13.2 Å². The molecule has 1 N–H and O–H groups in total. The van der Waals surface area contributed by atoms with Crippen LogP contribution in [0.5, 0.6) is 17.2 Å². The lowest BCUT2D eigenvalue weighted by Crippen LogP contribution is -2.21. The smallest absolute Gasteiger partial charge is 0.338 e. The first-order chi connectivity index (χ1) is 14.1. The number of rotatable bonds is 7. The first-order valence-corrected chi connectivity index (χ1v) is 9.64. The van der Waals surface area contributed by atoms with Gasteiger partial charge in [-0.2, -0.15) is 5.26 Å². The van der Waals surface area contributed by atoms with Gasteiger partial charge in [0, 0.05) is 4.90 Å². The molecule has 0 aliphatic carbocycles. The van der Waals surface area contributed by atoms with Crippen LogP contribution in [0.1, 0.15) is 10.4 Å². The van der Waals surface area contributed by atoms with Crippen molar-refractivity contribution in [2.24, 2.45) is 0 Å².